The SMILES string of the molecule is O=C(Nc1cccnc1)C1CC1(c1ccccc1)c1ccccc1. The van der Waals surface area contributed by atoms with E-state index in [1.54, 1.807) is 12.4 Å². The van der Waals surface area contributed by atoms with Crippen LogP contribution in [0.1, 0.15) is 17.5 Å². The molecule has 1 N–H and O–H groups in total. The fourth-order valence-electron chi connectivity index (χ4n) is 3.52. The molecule has 1 amide bonds. The lowest BCUT2D eigenvalue weighted by molar-refractivity contribution is -0.117. The summed E-state index contributed by atoms with van der Waals surface area (Å²) in [7, 11) is 0. The summed E-state index contributed by atoms with van der Waals surface area (Å²) in [6.45, 7) is 0. The van der Waals surface area contributed by atoms with Gasteiger partial charge in [-0.05, 0) is 29.7 Å². The van der Waals surface area contributed by atoms with Gasteiger partial charge in [-0.3, -0.25) is 9.78 Å². The maximum atomic E-state index is 12.8. The van der Waals surface area contributed by atoms with Crippen molar-refractivity contribution in [1.82, 2.24) is 4.98 Å². The van der Waals surface area contributed by atoms with E-state index >= 15 is 0 Å². The van der Waals surface area contributed by atoms with E-state index < -0.39 is 0 Å². The van der Waals surface area contributed by atoms with Crippen molar-refractivity contribution in [3.8, 4) is 0 Å². The Hall–Kier alpha value is -2.94. The molecule has 0 spiro atoms. The van der Waals surface area contributed by atoms with Crippen molar-refractivity contribution in [3.63, 3.8) is 0 Å². The van der Waals surface area contributed by atoms with Gasteiger partial charge in [0, 0.05) is 11.6 Å². The van der Waals surface area contributed by atoms with Crippen molar-refractivity contribution < 1.29 is 4.79 Å². The van der Waals surface area contributed by atoms with E-state index in [-0.39, 0.29) is 17.2 Å². The third-order valence-electron chi connectivity index (χ3n) is 4.78. The second kappa shape index (κ2) is 5.93. The highest BCUT2D eigenvalue weighted by Crippen LogP contribution is 2.59. The molecule has 118 valence electrons. The minimum absolute atomic E-state index is 0.0516. The van der Waals surface area contributed by atoms with Crippen LogP contribution in [0.4, 0.5) is 5.69 Å². The van der Waals surface area contributed by atoms with Gasteiger partial charge < -0.3 is 5.32 Å². The number of carbonyl (C=O) groups is 1. The third kappa shape index (κ3) is 2.48. The summed E-state index contributed by atoms with van der Waals surface area (Å²) in [5, 5.41) is 3.00. The lowest BCUT2D eigenvalue weighted by atomic mass is 9.85. The molecule has 1 heterocycles. The molecule has 1 aromatic heterocycles. The Morgan fingerprint density at radius 1 is 0.917 bits per heavy atom. The van der Waals surface area contributed by atoms with E-state index in [1.165, 1.54) is 11.1 Å². The van der Waals surface area contributed by atoms with E-state index in [1.807, 2.05) is 48.5 Å². The summed E-state index contributed by atoms with van der Waals surface area (Å²) in [5.41, 5.74) is 2.91. The second-order valence-corrected chi connectivity index (χ2v) is 6.19. The van der Waals surface area contributed by atoms with Gasteiger partial charge in [0.2, 0.25) is 5.91 Å². The van der Waals surface area contributed by atoms with Gasteiger partial charge in [-0.1, -0.05) is 60.7 Å². The normalized spacial score (nSPS) is 17.9. The Bertz CT molecular complexity index is 792. The first-order valence-electron chi connectivity index (χ1n) is 8.13. The highest BCUT2D eigenvalue weighted by Gasteiger charge is 2.60. The van der Waals surface area contributed by atoms with Gasteiger partial charge in [0.15, 0.2) is 0 Å². The summed E-state index contributed by atoms with van der Waals surface area (Å²) in [5.74, 6) is -0.0155. The molecular formula is C21H18N2O. The second-order valence-electron chi connectivity index (χ2n) is 6.19. The van der Waals surface area contributed by atoms with Crippen molar-refractivity contribution in [2.45, 2.75) is 11.8 Å². The molecule has 3 nitrogen and oxygen atoms in total. The standard InChI is InChI=1S/C21H18N2O/c24-20(23-18-12-7-13-22-15-18)19-14-21(19,16-8-3-1-4-9-16)17-10-5-2-6-11-17/h1-13,15,19H,14H2,(H,23,24). The Kier molecular flexibility index (Phi) is 3.62. The molecule has 0 bridgehead atoms. The van der Waals surface area contributed by atoms with Crippen molar-refractivity contribution in [2.75, 3.05) is 5.32 Å². The molecule has 1 aliphatic rings. The summed E-state index contributed by atoms with van der Waals surface area (Å²) in [6.07, 6.45) is 4.20. The number of rotatable bonds is 4. The monoisotopic (exact) mass is 314 g/mol. The highest BCUT2D eigenvalue weighted by atomic mass is 16.2. The van der Waals surface area contributed by atoms with Crippen LogP contribution in [0.5, 0.6) is 0 Å². The molecule has 1 fully saturated rings. The number of amides is 1. The van der Waals surface area contributed by atoms with E-state index in [9.17, 15) is 4.79 Å². The molecule has 1 aliphatic carbocycles. The minimum Gasteiger partial charge on any atom is -0.324 e. The van der Waals surface area contributed by atoms with Gasteiger partial charge in [0.1, 0.15) is 0 Å². The fourth-order valence-corrected chi connectivity index (χ4v) is 3.52. The maximum absolute atomic E-state index is 12.8. The predicted octanol–water partition coefficient (Wildman–Crippen LogP) is 4.03. The van der Waals surface area contributed by atoms with E-state index in [4.69, 9.17) is 0 Å². The van der Waals surface area contributed by atoms with Crippen LogP contribution in [0, 0.1) is 5.92 Å². The summed E-state index contributed by atoms with van der Waals surface area (Å²) in [4.78, 5) is 16.9. The molecule has 3 aromatic rings. The van der Waals surface area contributed by atoms with Gasteiger partial charge in [-0.25, -0.2) is 0 Å². The van der Waals surface area contributed by atoms with Crippen LogP contribution in [0.2, 0.25) is 0 Å². The van der Waals surface area contributed by atoms with Crippen LogP contribution >= 0.6 is 0 Å². The number of nitrogens with zero attached hydrogens (tertiary/aromatic N) is 1. The molecule has 1 unspecified atom stereocenters. The van der Waals surface area contributed by atoms with Crippen LogP contribution in [0.3, 0.4) is 0 Å². The number of carbonyl (C=O) groups excluding carboxylic acids is 1. The number of pyridine rings is 1. The lowest BCUT2D eigenvalue weighted by Crippen LogP contribution is -2.22. The van der Waals surface area contributed by atoms with Crippen molar-refractivity contribution in [2.24, 2.45) is 5.92 Å². The molecule has 2 aromatic carbocycles. The van der Waals surface area contributed by atoms with Gasteiger partial charge in [0.25, 0.3) is 0 Å². The molecule has 0 saturated heterocycles. The third-order valence-corrected chi connectivity index (χ3v) is 4.78. The average molecular weight is 314 g/mol. The Labute approximate surface area is 141 Å². The van der Waals surface area contributed by atoms with Gasteiger partial charge in [0.05, 0.1) is 17.8 Å². The van der Waals surface area contributed by atoms with Gasteiger partial charge >= 0.3 is 0 Å². The van der Waals surface area contributed by atoms with Crippen LogP contribution in [0.15, 0.2) is 85.2 Å². The van der Waals surface area contributed by atoms with Crippen LogP contribution in [-0.2, 0) is 10.2 Å². The summed E-state index contributed by atoms with van der Waals surface area (Å²) in [6, 6.07) is 24.3. The first-order chi connectivity index (χ1) is 11.8. The van der Waals surface area contributed by atoms with Crippen molar-refractivity contribution in [1.29, 1.82) is 0 Å². The minimum atomic E-state index is -0.227. The van der Waals surface area contributed by atoms with Crippen molar-refractivity contribution in [3.05, 3.63) is 96.3 Å². The topological polar surface area (TPSA) is 42.0 Å². The molecular weight excluding hydrogens is 296 g/mol. The average Bonchev–Trinajstić information content (AvgIpc) is 3.41. The number of aromatic nitrogens is 1. The number of hydrogen-bond donors (Lipinski definition) is 1. The highest BCUT2D eigenvalue weighted by molar-refractivity contribution is 5.96. The molecule has 1 saturated carbocycles. The Morgan fingerprint density at radius 2 is 1.54 bits per heavy atom. The summed E-state index contributed by atoms with van der Waals surface area (Å²) >= 11 is 0. The Balaban J connectivity index is 1.66. The zero-order valence-electron chi connectivity index (χ0n) is 13.2. The molecule has 3 heteroatoms. The number of hydrogen-bond acceptors (Lipinski definition) is 2. The molecule has 4 rings (SSSR count). The summed E-state index contributed by atoms with van der Waals surface area (Å²) < 4.78 is 0. The fraction of sp³-hybridized carbons (Fsp3) is 0.143. The molecule has 0 radical (unpaired) electrons. The van der Waals surface area contributed by atoms with Crippen LogP contribution in [-0.4, -0.2) is 10.9 Å². The molecule has 1 atom stereocenters. The smallest absolute Gasteiger partial charge is 0.228 e. The molecule has 0 aliphatic heterocycles. The maximum Gasteiger partial charge on any atom is 0.228 e. The predicted molar refractivity (Wildman–Crippen MR) is 94.6 cm³/mol. The number of anilines is 1. The number of benzene rings is 2. The number of nitrogens with one attached hydrogen (secondary N) is 1. The van der Waals surface area contributed by atoms with Crippen molar-refractivity contribution >= 4 is 11.6 Å². The zero-order valence-corrected chi connectivity index (χ0v) is 13.2. The van der Waals surface area contributed by atoms with Crippen LogP contribution in [0.25, 0.3) is 0 Å². The first kappa shape index (κ1) is 14.6. The van der Waals surface area contributed by atoms with E-state index in [0.29, 0.717) is 0 Å². The van der Waals surface area contributed by atoms with Gasteiger partial charge in [-0.2, -0.15) is 0 Å². The van der Waals surface area contributed by atoms with E-state index in [0.717, 1.165) is 12.1 Å². The largest absolute Gasteiger partial charge is 0.324 e. The quantitative estimate of drug-likeness (QED) is 0.790. The first-order valence-corrected chi connectivity index (χ1v) is 8.13. The lowest BCUT2D eigenvalue weighted by Gasteiger charge is -2.19. The van der Waals surface area contributed by atoms with Gasteiger partial charge in [-0.15, -0.1) is 0 Å². The Morgan fingerprint density at radius 3 is 2.08 bits per heavy atom. The zero-order chi connectivity index (χ0) is 16.4. The van der Waals surface area contributed by atoms with E-state index in [2.05, 4.69) is 34.6 Å². The molecule has 24 heavy (non-hydrogen) atoms. The van der Waals surface area contributed by atoms with Crippen LogP contribution < -0.4 is 5.32 Å².